The highest BCUT2D eigenvalue weighted by molar-refractivity contribution is 5.96. The average Bonchev–Trinajstić information content (AvgIpc) is 2.52. The van der Waals surface area contributed by atoms with Crippen molar-refractivity contribution in [2.45, 2.75) is 46.5 Å². The highest BCUT2D eigenvalue weighted by Crippen LogP contribution is 2.38. The number of Topliss-reactive ketones (excluding diaryl/α,β-unsaturated/α-hetero) is 1. The Balaban J connectivity index is 2.25. The van der Waals surface area contributed by atoms with E-state index >= 15 is 0 Å². The number of ketones is 1. The molecule has 0 amide bonds. The zero-order chi connectivity index (χ0) is 11.1. The van der Waals surface area contributed by atoms with Gasteiger partial charge in [0.15, 0.2) is 5.78 Å². The van der Waals surface area contributed by atoms with Crippen molar-refractivity contribution in [3.8, 4) is 0 Å². The van der Waals surface area contributed by atoms with Crippen molar-refractivity contribution < 1.29 is 4.79 Å². The second-order valence-electron chi connectivity index (χ2n) is 5.76. The van der Waals surface area contributed by atoms with Crippen molar-refractivity contribution in [1.82, 2.24) is 4.90 Å². The summed E-state index contributed by atoms with van der Waals surface area (Å²) in [5.41, 5.74) is 2.52. The smallest absolute Gasteiger partial charge is 0.179 e. The molecule has 2 heteroatoms. The first kappa shape index (κ1) is 10.7. The van der Waals surface area contributed by atoms with Gasteiger partial charge in [-0.1, -0.05) is 13.8 Å². The molecule has 1 aliphatic carbocycles. The molecule has 1 aliphatic heterocycles. The molecule has 1 fully saturated rings. The predicted octanol–water partition coefficient (Wildman–Crippen LogP) is 2.75. The molecule has 0 aromatic rings. The molecular formula is C13H21NO. The molecule has 15 heavy (non-hydrogen) atoms. The van der Waals surface area contributed by atoms with Crippen LogP contribution in [-0.2, 0) is 4.79 Å². The third-order valence-corrected chi connectivity index (χ3v) is 3.47. The fraction of sp³-hybridized carbons (Fsp3) is 0.769. The topological polar surface area (TPSA) is 20.3 Å². The van der Waals surface area contributed by atoms with Crippen LogP contribution in [0.1, 0.15) is 46.5 Å². The number of carbonyl (C=O) groups is 1. The van der Waals surface area contributed by atoms with Crippen molar-refractivity contribution in [2.24, 2.45) is 5.41 Å². The van der Waals surface area contributed by atoms with Crippen LogP contribution in [0.5, 0.6) is 0 Å². The Labute approximate surface area is 92.3 Å². The maximum absolute atomic E-state index is 12.1. The van der Waals surface area contributed by atoms with Crippen LogP contribution in [-0.4, -0.2) is 23.8 Å². The monoisotopic (exact) mass is 207 g/mol. The van der Waals surface area contributed by atoms with Gasteiger partial charge in [-0.3, -0.25) is 4.79 Å². The van der Waals surface area contributed by atoms with Gasteiger partial charge in [0.1, 0.15) is 0 Å². The van der Waals surface area contributed by atoms with Crippen LogP contribution in [0.25, 0.3) is 0 Å². The SMILES string of the molecule is CC1=C(N2CCCC2)C(=O)CC(C)(C)C1. The first-order chi connectivity index (χ1) is 6.99. The summed E-state index contributed by atoms with van der Waals surface area (Å²) >= 11 is 0. The summed E-state index contributed by atoms with van der Waals surface area (Å²) in [7, 11) is 0. The lowest BCUT2D eigenvalue weighted by Gasteiger charge is -2.34. The standard InChI is InChI=1S/C13H21NO/c1-10-8-13(2,3)9-11(15)12(10)14-6-4-5-7-14/h4-9H2,1-3H3. The first-order valence-electron chi connectivity index (χ1n) is 5.97. The molecule has 0 N–H and O–H groups in total. The lowest BCUT2D eigenvalue weighted by atomic mass is 9.75. The molecular weight excluding hydrogens is 186 g/mol. The van der Waals surface area contributed by atoms with Gasteiger partial charge in [-0.05, 0) is 37.2 Å². The van der Waals surface area contributed by atoms with E-state index in [0.717, 1.165) is 31.6 Å². The van der Waals surface area contributed by atoms with Gasteiger partial charge in [-0.2, -0.15) is 0 Å². The van der Waals surface area contributed by atoms with Crippen LogP contribution in [0, 0.1) is 5.41 Å². The van der Waals surface area contributed by atoms with Gasteiger partial charge >= 0.3 is 0 Å². The van der Waals surface area contributed by atoms with Gasteiger partial charge in [0.25, 0.3) is 0 Å². The molecule has 0 aromatic carbocycles. The average molecular weight is 207 g/mol. The lowest BCUT2D eigenvalue weighted by molar-refractivity contribution is -0.119. The highest BCUT2D eigenvalue weighted by atomic mass is 16.1. The Kier molecular flexibility index (Phi) is 2.61. The molecule has 0 aromatic heterocycles. The molecule has 0 spiro atoms. The van der Waals surface area contributed by atoms with Gasteiger partial charge in [0.05, 0.1) is 5.70 Å². The minimum absolute atomic E-state index is 0.171. The van der Waals surface area contributed by atoms with Gasteiger partial charge < -0.3 is 4.90 Å². The van der Waals surface area contributed by atoms with Crippen molar-refractivity contribution in [3.63, 3.8) is 0 Å². The number of likely N-dealkylation sites (tertiary alicyclic amines) is 1. The molecule has 2 aliphatic rings. The van der Waals surface area contributed by atoms with Crippen molar-refractivity contribution in [2.75, 3.05) is 13.1 Å². The largest absolute Gasteiger partial charge is 0.369 e. The van der Waals surface area contributed by atoms with E-state index in [9.17, 15) is 4.79 Å². The van der Waals surface area contributed by atoms with E-state index < -0.39 is 0 Å². The van der Waals surface area contributed by atoms with Crippen LogP contribution < -0.4 is 0 Å². The highest BCUT2D eigenvalue weighted by Gasteiger charge is 2.34. The number of allylic oxidation sites excluding steroid dienone is 2. The van der Waals surface area contributed by atoms with Gasteiger partial charge in [0.2, 0.25) is 0 Å². The van der Waals surface area contributed by atoms with Gasteiger partial charge in [-0.15, -0.1) is 0 Å². The number of carbonyl (C=O) groups excluding carboxylic acids is 1. The minimum Gasteiger partial charge on any atom is -0.369 e. The molecule has 0 bridgehead atoms. The zero-order valence-electron chi connectivity index (χ0n) is 10.1. The number of nitrogens with zero attached hydrogens (tertiary/aromatic N) is 1. The second-order valence-corrected chi connectivity index (χ2v) is 5.76. The summed E-state index contributed by atoms with van der Waals surface area (Å²) in [6, 6.07) is 0. The summed E-state index contributed by atoms with van der Waals surface area (Å²) in [5, 5.41) is 0. The van der Waals surface area contributed by atoms with Gasteiger partial charge in [-0.25, -0.2) is 0 Å². The number of hydrogen-bond acceptors (Lipinski definition) is 2. The van der Waals surface area contributed by atoms with E-state index in [1.54, 1.807) is 0 Å². The van der Waals surface area contributed by atoms with Crippen LogP contribution in [0.3, 0.4) is 0 Å². The molecule has 0 atom stereocenters. The molecule has 1 heterocycles. The normalized spacial score (nSPS) is 26.3. The van der Waals surface area contributed by atoms with E-state index in [1.165, 1.54) is 18.4 Å². The lowest BCUT2D eigenvalue weighted by Crippen LogP contribution is -2.33. The quantitative estimate of drug-likeness (QED) is 0.659. The molecule has 2 nitrogen and oxygen atoms in total. The van der Waals surface area contributed by atoms with Crippen LogP contribution in [0.2, 0.25) is 0 Å². The maximum atomic E-state index is 12.1. The second kappa shape index (κ2) is 3.66. The Morgan fingerprint density at radius 1 is 1.13 bits per heavy atom. The summed E-state index contributed by atoms with van der Waals surface area (Å²) in [6.45, 7) is 8.68. The van der Waals surface area contributed by atoms with Gasteiger partial charge in [0, 0.05) is 19.5 Å². The van der Waals surface area contributed by atoms with Crippen molar-refractivity contribution >= 4 is 5.78 Å². The molecule has 2 rings (SSSR count). The number of hydrogen-bond donors (Lipinski definition) is 0. The Bertz CT molecular complexity index is 308. The Morgan fingerprint density at radius 3 is 2.27 bits per heavy atom. The van der Waals surface area contributed by atoms with E-state index in [0.29, 0.717) is 5.78 Å². The summed E-state index contributed by atoms with van der Waals surface area (Å²) in [4.78, 5) is 14.4. The predicted molar refractivity (Wildman–Crippen MR) is 61.5 cm³/mol. The van der Waals surface area contributed by atoms with E-state index in [4.69, 9.17) is 0 Å². The molecule has 0 saturated carbocycles. The Morgan fingerprint density at radius 2 is 1.73 bits per heavy atom. The molecule has 1 saturated heterocycles. The maximum Gasteiger partial charge on any atom is 0.179 e. The summed E-state index contributed by atoms with van der Waals surface area (Å²) in [6.07, 6.45) is 4.28. The Hall–Kier alpha value is -0.790. The zero-order valence-corrected chi connectivity index (χ0v) is 10.1. The fourth-order valence-electron chi connectivity index (χ4n) is 3.01. The third kappa shape index (κ3) is 2.09. The van der Waals surface area contributed by atoms with E-state index in [-0.39, 0.29) is 5.41 Å². The fourth-order valence-corrected chi connectivity index (χ4v) is 3.01. The van der Waals surface area contributed by atoms with Crippen LogP contribution >= 0.6 is 0 Å². The first-order valence-corrected chi connectivity index (χ1v) is 5.97. The summed E-state index contributed by atoms with van der Waals surface area (Å²) in [5.74, 6) is 0.366. The van der Waals surface area contributed by atoms with E-state index in [2.05, 4.69) is 25.7 Å². The van der Waals surface area contributed by atoms with Crippen LogP contribution in [0.4, 0.5) is 0 Å². The third-order valence-electron chi connectivity index (χ3n) is 3.47. The van der Waals surface area contributed by atoms with Crippen LogP contribution in [0.15, 0.2) is 11.3 Å². The van der Waals surface area contributed by atoms with Crippen molar-refractivity contribution in [1.29, 1.82) is 0 Å². The number of rotatable bonds is 1. The molecule has 0 radical (unpaired) electrons. The minimum atomic E-state index is 0.171. The summed E-state index contributed by atoms with van der Waals surface area (Å²) < 4.78 is 0. The molecule has 0 unspecified atom stereocenters. The molecule has 84 valence electrons. The van der Waals surface area contributed by atoms with E-state index in [1.807, 2.05) is 0 Å². The van der Waals surface area contributed by atoms with Crippen molar-refractivity contribution in [3.05, 3.63) is 11.3 Å².